The Morgan fingerprint density at radius 3 is 2.71 bits per heavy atom. The molecule has 0 radical (unpaired) electrons. The smallest absolute Gasteiger partial charge is 0.130 e. The average Bonchev–Trinajstić information content (AvgIpc) is 2.44. The van der Waals surface area contributed by atoms with Crippen molar-refractivity contribution in [3.63, 3.8) is 0 Å². The van der Waals surface area contributed by atoms with Gasteiger partial charge in [-0.25, -0.2) is 0 Å². The van der Waals surface area contributed by atoms with Crippen LogP contribution in [0.15, 0.2) is 22.7 Å². The zero-order valence-corrected chi connectivity index (χ0v) is 14.3. The van der Waals surface area contributed by atoms with Gasteiger partial charge < -0.3 is 19.3 Å². The van der Waals surface area contributed by atoms with Crippen LogP contribution in [-0.2, 0) is 9.47 Å². The van der Waals surface area contributed by atoms with E-state index in [0.717, 1.165) is 15.8 Å². The number of hydrogen-bond donors (Lipinski definition) is 1. The molecule has 1 aromatic carbocycles. The molecule has 1 saturated carbocycles. The highest BCUT2D eigenvalue weighted by Crippen LogP contribution is 2.34. The van der Waals surface area contributed by atoms with E-state index in [-0.39, 0.29) is 12.2 Å². The van der Waals surface area contributed by atoms with Gasteiger partial charge >= 0.3 is 0 Å². The summed E-state index contributed by atoms with van der Waals surface area (Å²) in [5, 5.41) is 9.82. The molecule has 1 fully saturated rings. The predicted octanol–water partition coefficient (Wildman–Crippen LogP) is 3.12. The second-order valence-corrected chi connectivity index (χ2v) is 6.54. The second-order valence-electron chi connectivity index (χ2n) is 5.62. The largest absolute Gasteiger partial charge is 0.487 e. The third kappa shape index (κ3) is 4.19. The molecular weight excluding hydrogens is 336 g/mol. The summed E-state index contributed by atoms with van der Waals surface area (Å²) in [6.45, 7) is 5.26. The fourth-order valence-electron chi connectivity index (χ4n) is 2.40. The van der Waals surface area contributed by atoms with Gasteiger partial charge in [-0.1, -0.05) is 29.8 Å². The highest BCUT2D eigenvalue weighted by molar-refractivity contribution is 9.10. The van der Waals surface area contributed by atoms with Crippen molar-refractivity contribution >= 4 is 15.9 Å². The number of ether oxygens (including phenoxy) is 3. The minimum atomic E-state index is -0.454. The van der Waals surface area contributed by atoms with Crippen molar-refractivity contribution in [2.24, 2.45) is 0 Å². The minimum absolute atomic E-state index is 0.101. The van der Waals surface area contributed by atoms with Gasteiger partial charge in [-0.15, -0.1) is 0 Å². The monoisotopic (exact) mass is 358 g/mol. The lowest BCUT2D eigenvalue weighted by Crippen LogP contribution is -2.55. The van der Waals surface area contributed by atoms with Crippen molar-refractivity contribution in [2.45, 2.75) is 44.5 Å². The number of aliphatic hydroxyl groups excluding tert-OH is 1. The van der Waals surface area contributed by atoms with Gasteiger partial charge in [-0.05, 0) is 29.7 Å². The normalized spacial score (nSPS) is 25.0. The van der Waals surface area contributed by atoms with E-state index in [2.05, 4.69) is 35.8 Å². The van der Waals surface area contributed by atoms with E-state index in [4.69, 9.17) is 14.2 Å². The standard InChI is InChI=1S/C16H23BrO4/c1-10(2)12-8-11(17)4-5-14(12)21-15-9-13(18)16(15)20-7-6-19-3/h4-5,8,10,13,15-16,18H,6-7,9H2,1-3H3. The van der Waals surface area contributed by atoms with Gasteiger partial charge in [0, 0.05) is 18.0 Å². The van der Waals surface area contributed by atoms with Crippen LogP contribution in [0.2, 0.25) is 0 Å². The van der Waals surface area contributed by atoms with E-state index in [9.17, 15) is 5.11 Å². The van der Waals surface area contributed by atoms with E-state index >= 15 is 0 Å². The van der Waals surface area contributed by atoms with Gasteiger partial charge in [-0.3, -0.25) is 0 Å². The summed E-state index contributed by atoms with van der Waals surface area (Å²) in [4.78, 5) is 0. The molecule has 5 heteroatoms. The Morgan fingerprint density at radius 1 is 1.33 bits per heavy atom. The molecule has 3 atom stereocenters. The zero-order valence-electron chi connectivity index (χ0n) is 12.7. The molecule has 0 aliphatic heterocycles. The van der Waals surface area contributed by atoms with Gasteiger partial charge in [0.1, 0.15) is 18.0 Å². The molecule has 1 aliphatic carbocycles. The van der Waals surface area contributed by atoms with E-state index < -0.39 is 6.10 Å². The summed E-state index contributed by atoms with van der Waals surface area (Å²) in [5.41, 5.74) is 1.15. The molecule has 0 heterocycles. The van der Waals surface area contributed by atoms with Gasteiger partial charge in [0.15, 0.2) is 0 Å². The Labute approximate surface area is 134 Å². The molecule has 0 bridgehead atoms. The van der Waals surface area contributed by atoms with Crippen molar-refractivity contribution in [3.8, 4) is 5.75 Å². The van der Waals surface area contributed by atoms with E-state index in [1.807, 2.05) is 12.1 Å². The van der Waals surface area contributed by atoms with Crippen LogP contribution < -0.4 is 4.74 Å². The lowest BCUT2D eigenvalue weighted by molar-refractivity contribution is -0.167. The average molecular weight is 359 g/mol. The molecule has 1 N–H and O–H groups in total. The number of benzene rings is 1. The fourth-order valence-corrected chi connectivity index (χ4v) is 2.78. The lowest BCUT2D eigenvalue weighted by atomic mass is 9.87. The summed E-state index contributed by atoms with van der Waals surface area (Å²) < 4.78 is 17.7. The first-order chi connectivity index (χ1) is 10.0. The Hall–Kier alpha value is -0.620. The van der Waals surface area contributed by atoms with Crippen LogP contribution in [0.5, 0.6) is 5.75 Å². The van der Waals surface area contributed by atoms with Crippen LogP contribution in [0.3, 0.4) is 0 Å². The third-order valence-electron chi connectivity index (χ3n) is 3.69. The minimum Gasteiger partial charge on any atom is -0.487 e. The van der Waals surface area contributed by atoms with E-state index in [1.54, 1.807) is 7.11 Å². The van der Waals surface area contributed by atoms with E-state index in [1.165, 1.54) is 0 Å². The summed E-state index contributed by atoms with van der Waals surface area (Å²) in [5.74, 6) is 1.24. The van der Waals surface area contributed by atoms with Crippen LogP contribution in [0.25, 0.3) is 0 Å². The highest BCUT2D eigenvalue weighted by Gasteiger charge is 2.43. The van der Waals surface area contributed by atoms with Crippen molar-refractivity contribution in [1.29, 1.82) is 0 Å². The van der Waals surface area contributed by atoms with Crippen LogP contribution in [0.4, 0.5) is 0 Å². The molecule has 21 heavy (non-hydrogen) atoms. The van der Waals surface area contributed by atoms with Crippen molar-refractivity contribution in [3.05, 3.63) is 28.2 Å². The molecule has 0 amide bonds. The van der Waals surface area contributed by atoms with Crippen molar-refractivity contribution in [1.82, 2.24) is 0 Å². The Kier molecular flexibility index (Phi) is 6.05. The molecule has 1 aliphatic rings. The lowest BCUT2D eigenvalue weighted by Gasteiger charge is -2.41. The number of rotatable bonds is 7. The first kappa shape index (κ1) is 16.7. The van der Waals surface area contributed by atoms with Gasteiger partial charge in [0.25, 0.3) is 0 Å². The summed E-state index contributed by atoms with van der Waals surface area (Å²) in [6, 6.07) is 6.02. The van der Waals surface area contributed by atoms with Gasteiger partial charge in [0.2, 0.25) is 0 Å². The van der Waals surface area contributed by atoms with Gasteiger partial charge in [-0.2, -0.15) is 0 Å². The highest BCUT2D eigenvalue weighted by atomic mass is 79.9. The number of aliphatic hydroxyl groups is 1. The number of hydrogen-bond acceptors (Lipinski definition) is 4. The summed E-state index contributed by atoms with van der Waals surface area (Å²) in [6.07, 6.45) is -0.227. The zero-order chi connectivity index (χ0) is 15.4. The van der Waals surface area contributed by atoms with Crippen molar-refractivity contribution in [2.75, 3.05) is 20.3 Å². The first-order valence-electron chi connectivity index (χ1n) is 7.27. The molecule has 3 unspecified atom stereocenters. The van der Waals surface area contributed by atoms with Gasteiger partial charge in [0.05, 0.1) is 19.3 Å². The number of methoxy groups -OCH3 is 1. The molecule has 0 saturated heterocycles. The molecular formula is C16H23BrO4. The summed E-state index contributed by atoms with van der Waals surface area (Å²) >= 11 is 3.49. The maximum absolute atomic E-state index is 9.82. The maximum atomic E-state index is 9.82. The molecule has 1 aromatic rings. The Morgan fingerprint density at radius 2 is 2.10 bits per heavy atom. The summed E-state index contributed by atoms with van der Waals surface area (Å²) in [7, 11) is 1.63. The van der Waals surface area contributed by atoms with Crippen molar-refractivity contribution < 1.29 is 19.3 Å². The predicted molar refractivity (Wildman–Crippen MR) is 84.9 cm³/mol. The third-order valence-corrected chi connectivity index (χ3v) is 4.18. The Balaban J connectivity index is 2.01. The first-order valence-corrected chi connectivity index (χ1v) is 8.07. The molecule has 0 spiro atoms. The topological polar surface area (TPSA) is 47.9 Å². The Bertz CT molecular complexity index is 464. The maximum Gasteiger partial charge on any atom is 0.130 e. The van der Waals surface area contributed by atoms with Crippen LogP contribution >= 0.6 is 15.9 Å². The number of halogens is 1. The SMILES string of the molecule is COCCOC1C(O)CC1Oc1ccc(Br)cc1C(C)C. The second kappa shape index (κ2) is 7.58. The van der Waals surface area contributed by atoms with Crippen LogP contribution in [-0.4, -0.2) is 43.7 Å². The quantitative estimate of drug-likeness (QED) is 0.760. The fraction of sp³-hybridized carbons (Fsp3) is 0.625. The van der Waals surface area contributed by atoms with Crippen LogP contribution in [0.1, 0.15) is 31.7 Å². The van der Waals surface area contributed by atoms with Crippen LogP contribution in [0, 0.1) is 0 Å². The molecule has 2 rings (SSSR count). The molecule has 0 aromatic heterocycles. The molecule has 118 valence electrons. The van der Waals surface area contributed by atoms with E-state index in [0.29, 0.717) is 25.6 Å². The molecule has 4 nitrogen and oxygen atoms in total.